The average molecular weight is 309 g/mol. The minimum Gasteiger partial charge on any atom is -0.490 e. The number of carbonyl (C=O) groups is 1. The molecule has 1 fully saturated rings. The molecule has 1 heterocycles. The molecule has 0 saturated heterocycles. The summed E-state index contributed by atoms with van der Waals surface area (Å²) in [5.74, 6) is 1.35. The topological polar surface area (TPSA) is 35.5 Å². The van der Waals surface area contributed by atoms with Crippen LogP contribution in [0.25, 0.3) is 0 Å². The lowest BCUT2D eigenvalue weighted by Gasteiger charge is -2.11. The van der Waals surface area contributed by atoms with Gasteiger partial charge in [-0.1, -0.05) is 39.3 Å². The molecule has 1 aromatic rings. The fraction of sp³-hybridized carbons (Fsp3) is 0.588. The summed E-state index contributed by atoms with van der Waals surface area (Å²) in [5.41, 5.74) is 0.541. The van der Waals surface area contributed by atoms with Crippen LogP contribution < -0.4 is 9.47 Å². The molecule has 0 spiro atoms. The summed E-state index contributed by atoms with van der Waals surface area (Å²) in [5, 5.41) is 0.447. The van der Waals surface area contributed by atoms with E-state index in [9.17, 15) is 4.79 Å². The van der Waals surface area contributed by atoms with Crippen LogP contribution in [-0.2, 0) is 0 Å². The van der Waals surface area contributed by atoms with Gasteiger partial charge in [0.15, 0.2) is 17.3 Å². The van der Waals surface area contributed by atoms with Crippen molar-refractivity contribution in [1.82, 2.24) is 0 Å². The Bertz CT molecular complexity index is 590. The number of halogens is 1. The van der Waals surface area contributed by atoms with E-state index >= 15 is 0 Å². The van der Waals surface area contributed by atoms with Gasteiger partial charge in [-0.05, 0) is 16.9 Å². The van der Waals surface area contributed by atoms with Crippen molar-refractivity contribution in [3.05, 3.63) is 22.7 Å². The highest BCUT2D eigenvalue weighted by Gasteiger charge is 2.68. The molecule has 0 N–H and O–H groups in total. The SMILES string of the molecule is CC1(C)C(C(=O)c2cc3c(cc2Cl)OCCCO3)C1(C)C. The molecule has 3 rings (SSSR count). The lowest BCUT2D eigenvalue weighted by molar-refractivity contribution is 0.0945. The van der Waals surface area contributed by atoms with Gasteiger partial charge in [-0.2, -0.15) is 0 Å². The third-order valence-electron chi connectivity index (χ3n) is 5.39. The number of Topliss-reactive ketones (excluding diaryl/α,β-unsaturated/α-hetero) is 1. The van der Waals surface area contributed by atoms with Crippen molar-refractivity contribution in [3.8, 4) is 11.5 Å². The van der Waals surface area contributed by atoms with E-state index in [0.717, 1.165) is 6.42 Å². The van der Waals surface area contributed by atoms with Gasteiger partial charge >= 0.3 is 0 Å². The minimum absolute atomic E-state index is 0.00242. The summed E-state index contributed by atoms with van der Waals surface area (Å²) in [6.45, 7) is 9.74. The molecular formula is C17H21ClO3. The third-order valence-corrected chi connectivity index (χ3v) is 5.70. The van der Waals surface area contributed by atoms with Gasteiger partial charge in [0, 0.05) is 24.0 Å². The summed E-state index contributed by atoms with van der Waals surface area (Å²) in [6.07, 6.45) is 0.832. The van der Waals surface area contributed by atoms with Crippen LogP contribution in [0.1, 0.15) is 44.5 Å². The van der Waals surface area contributed by atoms with Crippen LogP contribution in [0.4, 0.5) is 0 Å². The van der Waals surface area contributed by atoms with Gasteiger partial charge in [0.05, 0.1) is 18.2 Å². The Balaban J connectivity index is 1.97. The van der Waals surface area contributed by atoms with E-state index in [-0.39, 0.29) is 22.5 Å². The van der Waals surface area contributed by atoms with Crippen LogP contribution in [-0.4, -0.2) is 19.0 Å². The smallest absolute Gasteiger partial charge is 0.168 e. The monoisotopic (exact) mass is 308 g/mol. The van der Waals surface area contributed by atoms with Crippen LogP contribution in [0.3, 0.4) is 0 Å². The van der Waals surface area contributed by atoms with Crippen molar-refractivity contribution in [2.75, 3.05) is 13.2 Å². The second-order valence-corrected chi connectivity index (χ2v) is 7.48. The molecule has 1 saturated carbocycles. The van der Waals surface area contributed by atoms with Crippen molar-refractivity contribution in [1.29, 1.82) is 0 Å². The average Bonchev–Trinajstić information content (AvgIpc) is 2.91. The van der Waals surface area contributed by atoms with Gasteiger partial charge in [-0.15, -0.1) is 0 Å². The lowest BCUT2D eigenvalue weighted by atomic mass is 10.0. The Kier molecular flexibility index (Phi) is 3.25. The Hall–Kier alpha value is -1.22. The number of fused-ring (bicyclic) bond motifs is 1. The summed E-state index contributed by atoms with van der Waals surface area (Å²) >= 11 is 6.31. The number of ether oxygens (including phenoxy) is 2. The van der Waals surface area contributed by atoms with Crippen LogP contribution in [0.5, 0.6) is 11.5 Å². The molecule has 4 heteroatoms. The largest absolute Gasteiger partial charge is 0.490 e. The number of carbonyl (C=O) groups excluding carboxylic acids is 1. The predicted molar refractivity (Wildman–Crippen MR) is 82.4 cm³/mol. The van der Waals surface area contributed by atoms with Gasteiger partial charge in [-0.25, -0.2) is 0 Å². The summed E-state index contributed by atoms with van der Waals surface area (Å²) in [4.78, 5) is 12.8. The first kappa shape index (κ1) is 14.7. The van der Waals surface area contributed by atoms with E-state index in [0.29, 0.717) is 35.3 Å². The van der Waals surface area contributed by atoms with Crippen molar-refractivity contribution in [2.45, 2.75) is 34.1 Å². The van der Waals surface area contributed by atoms with E-state index in [4.69, 9.17) is 21.1 Å². The second kappa shape index (κ2) is 4.64. The molecule has 0 radical (unpaired) electrons. The highest BCUT2D eigenvalue weighted by molar-refractivity contribution is 6.34. The Morgan fingerprint density at radius 3 is 2.14 bits per heavy atom. The molecule has 0 unspecified atom stereocenters. The number of rotatable bonds is 2. The molecule has 1 aliphatic carbocycles. The van der Waals surface area contributed by atoms with Crippen LogP contribution >= 0.6 is 11.6 Å². The molecule has 114 valence electrons. The molecule has 2 aliphatic rings. The van der Waals surface area contributed by atoms with E-state index in [2.05, 4.69) is 27.7 Å². The first-order valence-electron chi connectivity index (χ1n) is 7.40. The van der Waals surface area contributed by atoms with Gasteiger partial charge in [0.25, 0.3) is 0 Å². The normalized spacial score (nSPS) is 22.5. The number of hydrogen-bond acceptors (Lipinski definition) is 3. The molecule has 21 heavy (non-hydrogen) atoms. The fourth-order valence-electron chi connectivity index (χ4n) is 3.38. The predicted octanol–water partition coefficient (Wildman–Crippen LogP) is 4.37. The maximum Gasteiger partial charge on any atom is 0.168 e. The Labute approximate surface area is 130 Å². The fourth-order valence-corrected chi connectivity index (χ4v) is 3.63. The van der Waals surface area contributed by atoms with Crippen LogP contribution in [0, 0.1) is 16.7 Å². The first-order chi connectivity index (χ1) is 9.76. The van der Waals surface area contributed by atoms with Gasteiger partial charge in [0.2, 0.25) is 0 Å². The summed E-state index contributed by atoms with van der Waals surface area (Å²) < 4.78 is 11.3. The number of benzene rings is 1. The van der Waals surface area contributed by atoms with Gasteiger partial charge < -0.3 is 9.47 Å². The van der Waals surface area contributed by atoms with Crippen molar-refractivity contribution in [3.63, 3.8) is 0 Å². The number of hydrogen-bond donors (Lipinski definition) is 0. The molecule has 1 aromatic carbocycles. The molecule has 3 nitrogen and oxygen atoms in total. The highest BCUT2D eigenvalue weighted by Crippen LogP contribution is 2.69. The number of ketones is 1. The molecule has 0 atom stereocenters. The van der Waals surface area contributed by atoms with Gasteiger partial charge in [0.1, 0.15) is 0 Å². The lowest BCUT2D eigenvalue weighted by Crippen LogP contribution is -2.09. The summed E-state index contributed by atoms with van der Waals surface area (Å²) in [7, 11) is 0. The molecular weight excluding hydrogens is 288 g/mol. The Morgan fingerprint density at radius 1 is 1.10 bits per heavy atom. The van der Waals surface area contributed by atoms with E-state index in [1.165, 1.54) is 0 Å². The van der Waals surface area contributed by atoms with E-state index < -0.39 is 0 Å². The van der Waals surface area contributed by atoms with Crippen LogP contribution in [0.2, 0.25) is 5.02 Å². The van der Waals surface area contributed by atoms with Crippen molar-refractivity contribution < 1.29 is 14.3 Å². The molecule has 1 aliphatic heterocycles. The standard InChI is InChI=1S/C17H21ClO3/c1-16(2)15(17(16,3)4)14(19)10-8-12-13(9-11(10)18)21-7-5-6-20-12/h8-9,15H,5-7H2,1-4H3. The minimum atomic E-state index is -0.00718. The van der Waals surface area contributed by atoms with E-state index in [1.54, 1.807) is 12.1 Å². The van der Waals surface area contributed by atoms with Crippen molar-refractivity contribution >= 4 is 17.4 Å². The quantitative estimate of drug-likeness (QED) is 0.761. The van der Waals surface area contributed by atoms with Gasteiger partial charge in [-0.3, -0.25) is 4.79 Å². The summed E-state index contributed by atoms with van der Waals surface area (Å²) in [6, 6.07) is 3.45. The molecule has 0 bridgehead atoms. The van der Waals surface area contributed by atoms with E-state index in [1.807, 2.05) is 0 Å². The maximum absolute atomic E-state index is 12.8. The second-order valence-electron chi connectivity index (χ2n) is 7.07. The zero-order valence-electron chi connectivity index (χ0n) is 13.0. The maximum atomic E-state index is 12.8. The first-order valence-corrected chi connectivity index (χ1v) is 7.78. The highest BCUT2D eigenvalue weighted by atomic mass is 35.5. The zero-order valence-corrected chi connectivity index (χ0v) is 13.7. The molecule has 0 amide bonds. The van der Waals surface area contributed by atoms with Crippen molar-refractivity contribution in [2.24, 2.45) is 16.7 Å². The van der Waals surface area contributed by atoms with Crippen LogP contribution in [0.15, 0.2) is 12.1 Å². The third kappa shape index (κ3) is 2.13. The zero-order chi connectivity index (χ0) is 15.4. The Morgan fingerprint density at radius 2 is 1.62 bits per heavy atom. The molecule has 0 aromatic heterocycles.